The van der Waals surface area contributed by atoms with Crippen LogP contribution in [0.4, 0.5) is 11.4 Å². The van der Waals surface area contributed by atoms with Crippen molar-refractivity contribution in [1.29, 1.82) is 0 Å². The lowest BCUT2D eigenvalue weighted by Gasteiger charge is -2.14. The number of nitrogens with one attached hydrogen (secondary N) is 2. The summed E-state index contributed by atoms with van der Waals surface area (Å²) in [6, 6.07) is 5.48. The number of carbonyl (C=O) groups excluding carboxylic acids is 2. The van der Waals surface area contributed by atoms with Crippen LogP contribution in [-0.4, -0.2) is 18.4 Å². The molecule has 0 aliphatic heterocycles. The number of hydrogen-bond acceptors (Lipinski definition) is 3. The van der Waals surface area contributed by atoms with Gasteiger partial charge in [-0.05, 0) is 37.1 Å². The second-order valence-electron chi connectivity index (χ2n) is 5.19. The molecule has 2 amide bonds. The average Bonchev–Trinajstić information content (AvgIpc) is 2.48. The molecule has 1 aromatic carbocycles. The van der Waals surface area contributed by atoms with Crippen LogP contribution in [0, 0.1) is 12.8 Å². The second-order valence-corrected chi connectivity index (χ2v) is 5.19. The average molecular weight is 291 g/mol. The summed E-state index contributed by atoms with van der Waals surface area (Å²) >= 11 is 0. The minimum absolute atomic E-state index is 0.0469. The van der Waals surface area contributed by atoms with Gasteiger partial charge in [-0.25, -0.2) is 0 Å². The molecule has 0 heterocycles. The van der Waals surface area contributed by atoms with Gasteiger partial charge in [0.25, 0.3) is 0 Å². The van der Waals surface area contributed by atoms with E-state index in [1.54, 1.807) is 13.0 Å². The van der Waals surface area contributed by atoms with Gasteiger partial charge >= 0.3 is 0 Å². The summed E-state index contributed by atoms with van der Waals surface area (Å²) in [6.07, 6.45) is 1.72. The van der Waals surface area contributed by atoms with Gasteiger partial charge in [0.2, 0.25) is 11.8 Å². The van der Waals surface area contributed by atoms with Crippen molar-refractivity contribution < 1.29 is 9.59 Å². The summed E-state index contributed by atoms with van der Waals surface area (Å²) in [7, 11) is 0. The summed E-state index contributed by atoms with van der Waals surface area (Å²) in [6.45, 7) is 6.25. The van der Waals surface area contributed by atoms with E-state index in [0.29, 0.717) is 25.1 Å². The number of anilines is 2. The molecule has 0 saturated heterocycles. The van der Waals surface area contributed by atoms with Crippen molar-refractivity contribution in [3.63, 3.8) is 0 Å². The van der Waals surface area contributed by atoms with Crippen molar-refractivity contribution in [1.82, 2.24) is 0 Å². The maximum Gasteiger partial charge on any atom is 0.224 e. The number of rotatable bonds is 7. The van der Waals surface area contributed by atoms with Crippen molar-refractivity contribution in [2.75, 3.05) is 17.2 Å². The fourth-order valence-electron chi connectivity index (χ4n) is 1.94. The zero-order chi connectivity index (χ0) is 15.8. The molecule has 0 fully saturated rings. The molecular weight excluding hydrogens is 266 g/mol. The molecule has 0 radical (unpaired) electrons. The van der Waals surface area contributed by atoms with Crippen molar-refractivity contribution in [3.05, 3.63) is 23.8 Å². The minimum atomic E-state index is -0.0506. The lowest BCUT2D eigenvalue weighted by molar-refractivity contribution is -0.117. The Hall–Kier alpha value is -1.88. The predicted octanol–water partition coefficient (Wildman–Crippen LogP) is 2.66. The van der Waals surface area contributed by atoms with Gasteiger partial charge in [0.15, 0.2) is 0 Å². The van der Waals surface area contributed by atoms with Crippen LogP contribution in [0.25, 0.3) is 0 Å². The van der Waals surface area contributed by atoms with Crippen molar-refractivity contribution in [2.45, 2.75) is 40.0 Å². The molecule has 0 spiro atoms. The number of nitrogens with two attached hydrogens (primary N) is 1. The molecule has 1 rings (SSSR count). The van der Waals surface area contributed by atoms with Gasteiger partial charge in [-0.2, -0.15) is 0 Å². The molecule has 0 aliphatic carbocycles. The SMILES string of the molecule is CCC(=O)Nc1ccc(C)c(NC(=O)CC(CC)CN)c1. The Kier molecular flexibility index (Phi) is 6.88. The first kappa shape index (κ1) is 17.2. The lowest BCUT2D eigenvalue weighted by atomic mass is 10.0. The van der Waals surface area contributed by atoms with Crippen molar-refractivity contribution in [2.24, 2.45) is 11.7 Å². The molecule has 1 atom stereocenters. The van der Waals surface area contributed by atoms with E-state index in [1.165, 1.54) is 0 Å². The lowest BCUT2D eigenvalue weighted by Crippen LogP contribution is -2.22. The highest BCUT2D eigenvalue weighted by Gasteiger charge is 2.12. The standard InChI is InChI=1S/C16H25N3O2/c1-4-12(10-17)8-16(21)19-14-9-13(7-6-11(14)3)18-15(20)5-2/h6-7,9,12H,4-5,8,10,17H2,1-3H3,(H,18,20)(H,19,21). The van der Waals surface area contributed by atoms with E-state index in [9.17, 15) is 9.59 Å². The van der Waals surface area contributed by atoms with Gasteiger partial charge in [-0.1, -0.05) is 26.3 Å². The zero-order valence-electron chi connectivity index (χ0n) is 13.0. The van der Waals surface area contributed by atoms with E-state index < -0.39 is 0 Å². The molecule has 1 unspecified atom stereocenters. The molecule has 0 bridgehead atoms. The van der Waals surface area contributed by atoms with E-state index >= 15 is 0 Å². The first-order chi connectivity index (χ1) is 9.99. The minimum Gasteiger partial charge on any atom is -0.330 e. The molecule has 5 nitrogen and oxygen atoms in total. The fourth-order valence-corrected chi connectivity index (χ4v) is 1.94. The van der Waals surface area contributed by atoms with Crippen molar-refractivity contribution in [3.8, 4) is 0 Å². The molecule has 5 heteroatoms. The monoisotopic (exact) mass is 291 g/mol. The van der Waals surface area contributed by atoms with E-state index in [2.05, 4.69) is 10.6 Å². The number of carbonyl (C=O) groups is 2. The van der Waals surface area contributed by atoms with Crippen LogP contribution < -0.4 is 16.4 Å². The zero-order valence-corrected chi connectivity index (χ0v) is 13.0. The summed E-state index contributed by atoms with van der Waals surface area (Å²) < 4.78 is 0. The van der Waals surface area contributed by atoms with Gasteiger partial charge in [0, 0.05) is 24.2 Å². The number of hydrogen-bond donors (Lipinski definition) is 3. The first-order valence-corrected chi connectivity index (χ1v) is 7.40. The molecule has 21 heavy (non-hydrogen) atoms. The van der Waals surface area contributed by atoms with Gasteiger partial charge < -0.3 is 16.4 Å². The number of amides is 2. The van der Waals surface area contributed by atoms with Crippen LogP contribution in [0.1, 0.15) is 38.7 Å². The third kappa shape index (κ3) is 5.55. The topological polar surface area (TPSA) is 84.2 Å². The normalized spacial score (nSPS) is 11.8. The quantitative estimate of drug-likeness (QED) is 0.722. The summed E-state index contributed by atoms with van der Waals surface area (Å²) in [5, 5.41) is 5.68. The van der Waals surface area contributed by atoms with Crippen LogP contribution >= 0.6 is 0 Å². The molecule has 4 N–H and O–H groups in total. The highest BCUT2D eigenvalue weighted by Crippen LogP contribution is 2.21. The Labute approximate surface area is 126 Å². The summed E-state index contributed by atoms with van der Waals surface area (Å²) in [4.78, 5) is 23.4. The fraction of sp³-hybridized carbons (Fsp3) is 0.500. The van der Waals surface area contributed by atoms with Gasteiger partial charge in [0.05, 0.1) is 0 Å². The van der Waals surface area contributed by atoms with Crippen LogP contribution in [-0.2, 0) is 9.59 Å². The Morgan fingerprint density at radius 1 is 1.19 bits per heavy atom. The summed E-state index contributed by atoms with van der Waals surface area (Å²) in [5.74, 6) is 0.105. The Balaban J connectivity index is 2.75. The van der Waals surface area contributed by atoms with E-state index in [1.807, 2.05) is 26.0 Å². The van der Waals surface area contributed by atoms with Crippen LogP contribution in [0.2, 0.25) is 0 Å². The Morgan fingerprint density at radius 3 is 2.48 bits per heavy atom. The maximum absolute atomic E-state index is 12.0. The highest BCUT2D eigenvalue weighted by atomic mass is 16.2. The van der Waals surface area contributed by atoms with E-state index in [0.717, 1.165) is 17.7 Å². The van der Waals surface area contributed by atoms with Crippen LogP contribution in [0.5, 0.6) is 0 Å². The smallest absolute Gasteiger partial charge is 0.224 e. The van der Waals surface area contributed by atoms with E-state index in [-0.39, 0.29) is 17.7 Å². The van der Waals surface area contributed by atoms with Crippen molar-refractivity contribution >= 4 is 23.2 Å². The molecule has 1 aromatic rings. The molecule has 0 aromatic heterocycles. The van der Waals surface area contributed by atoms with Gasteiger partial charge in [-0.15, -0.1) is 0 Å². The Morgan fingerprint density at radius 2 is 1.90 bits per heavy atom. The van der Waals surface area contributed by atoms with E-state index in [4.69, 9.17) is 5.73 Å². The highest BCUT2D eigenvalue weighted by molar-refractivity contribution is 5.94. The third-order valence-electron chi connectivity index (χ3n) is 3.50. The number of benzene rings is 1. The third-order valence-corrected chi connectivity index (χ3v) is 3.50. The molecule has 116 valence electrons. The first-order valence-electron chi connectivity index (χ1n) is 7.40. The number of aryl methyl sites for hydroxylation is 1. The maximum atomic E-state index is 12.0. The van der Waals surface area contributed by atoms with Gasteiger partial charge in [-0.3, -0.25) is 9.59 Å². The Bertz CT molecular complexity index is 496. The second kappa shape index (κ2) is 8.42. The largest absolute Gasteiger partial charge is 0.330 e. The molecular formula is C16H25N3O2. The molecule has 0 aliphatic rings. The van der Waals surface area contributed by atoms with Crippen LogP contribution in [0.3, 0.4) is 0 Å². The summed E-state index contributed by atoms with van der Waals surface area (Å²) in [5.41, 5.74) is 7.99. The molecule has 0 saturated carbocycles. The van der Waals surface area contributed by atoms with Crippen LogP contribution in [0.15, 0.2) is 18.2 Å². The predicted molar refractivity (Wildman–Crippen MR) is 86.2 cm³/mol. The van der Waals surface area contributed by atoms with Gasteiger partial charge in [0.1, 0.15) is 0 Å².